The minimum atomic E-state index is -1.03. The lowest BCUT2D eigenvalue weighted by Crippen LogP contribution is -2.36. The van der Waals surface area contributed by atoms with Crippen LogP contribution in [0, 0.1) is 5.82 Å². The van der Waals surface area contributed by atoms with Crippen LogP contribution in [-0.4, -0.2) is 37.3 Å². The summed E-state index contributed by atoms with van der Waals surface area (Å²) in [5.74, 6) is 0.675. The highest BCUT2D eigenvalue weighted by atomic mass is 35.5. The Morgan fingerprint density at radius 2 is 2.03 bits per heavy atom. The molecule has 2 aliphatic rings. The van der Waals surface area contributed by atoms with Crippen LogP contribution in [0.5, 0.6) is 0 Å². The van der Waals surface area contributed by atoms with E-state index in [4.69, 9.17) is 16.7 Å². The van der Waals surface area contributed by atoms with Gasteiger partial charge in [0.1, 0.15) is 35.0 Å². The number of aliphatic hydroxyl groups is 1. The molecule has 5 rings (SSSR count). The Bertz CT molecular complexity index is 1150. The van der Waals surface area contributed by atoms with Crippen molar-refractivity contribution in [1.29, 1.82) is 0 Å². The molecule has 0 radical (unpaired) electrons. The standard InChI is InChI=1S/C22H22ClFN6O2/c23-17-8-7-15-21(26-17)29(12-19(31)27-18-9-6-14(24)11-25-18)20-10-16(28-30(20)22(15)32)13-4-2-1-3-5-13/h6-11,13,22,32H,1-5,12H2,(H,25,27,31). The molecule has 32 heavy (non-hydrogen) atoms. The maximum atomic E-state index is 13.1. The predicted molar refractivity (Wildman–Crippen MR) is 117 cm³/mol. The van der Waals surface area contributed by atoms with E-state index >= 15 is 0 Å². The molecule has 0 saturated heterocycles. The Morgan fingerprint density at radius 3 is 2.78 bits per heavy atom. The van der Waals surface area contributed by atoms with Crippen LogP contribution in [0.15, 0.2) is 36.5 Å². The molecule has 1 fully saturated rings. The Balaban J connectivity index is 1.48. The maximum absolute atomic E-state index is 13.1. The van der Waals surface area contributed by atoms with Crippen molar-refractivity contribution in [2.75, 3.05) is 16.8 Å². The molecule has 1 atom stereocenters. The molecule has 3 aromatic rings. The largest absolute Gasteiger partial charge is 0.368 e. The topological polar surface area (TPSA) is 96.2 Å². The number of hydrogen-bond acceptors (Lipinski definition) is 6. The van der Waals surface area contributed by atoms with Crippen LogP contribution < -0.4 is 10.2 Å². The molecule has 0 bridgehead atoms. The van der Waals surface area contributed by atoms with E-state index in [0.29, 0.717) is 23.1 Å². The molecule has 1 aliphatic carbocycles. The van der Waals surface area contributed by atoms with Crippen LogP contribution in [0.25, 0.3) is 0 Å². The Labute approximate surface area is 189 Å². The summed E-state index contributed by atoms with van der Waals surface area (Å²) in [5.41, 5.74) is 1.41. The summed E-state index contributed by atoms with van der Waals surface area (Å²) in [4.78, 5) is 22.8. The number of nitrogens with one attached hydrogen (secondary N) is 1. The third kappa shape index (κ3) is 3.93. The third-order valence-corrected chi connectivity index (χ3v) is 6.18. The van der Waals surface area contributed by atoms with Gasteiger partial charge in [0.15, 0.2) is 6.23 Å². The molecular weight excluding hydrogens is 435 g/mol. The number of amides is 1. The van der Waals surface area contributed by atoms with Gasteiger partial charge in [0.05, 0.1) is 11.9 Å². The van der Waals surface area contributed by atoms with E-state index in [9.17, 15) is 14.3 Å². The van der Waals surface area contributed by atoms with Crippen LogP contribution in [-0.2, 0) is 4.79 Å². The lowest BCUT2D eigenvalue weighted by Gasteiger charge is -2.32. The lowest BCUT2D eigenvalue weighted by molar-refractivity contribution is -0.114. The fourth-order valence-electron chi connectivity index (χ4n) is 4.41. The monoisotopic (exact) mass is 456 g/mol. The molecule has 8 nitrogen and oxygen atoms in total. The minimum absolute atomic E-state index is 0.109. The summed E-state index contributed by atoms with van der Waals surface area (Å²) in [7, 11) is 0. The molecule has 2 N–H and O–H groups in total. The zero-order valence-corrected chi connectivity index (χ0v) is 18.0. The second-order valence-electron chi connectivity index (χ2n) is 8.12. The first-order valence-electron chi connectivity index (χ1n) is 10.6. The van der Waals surface area contributed by atoms with Crippen molar-refractivity contribution in [3.63, 3.8) is 0 Å². The molecule has 10 heteroatoms. The minimum Gasteiger partial charge on any atom is -0.368 e. The van der Waals surface area contributed by atoms with E-state index in [0.717, 1.165) is 37.6 Å². The zero-order valence-electron chi connectivity index (χ0n) is 17.2. The summed E-state index contributed by atoms with van der Waals surface area (Å²) in [6.45, 7) is -0.109. The number of hydrogen-bond donors (Lipinski definition) is 2. The maximum Gasteiger partial charge on any atom is 0.245 e. The van der Waals surface area contributed by atoms with Crippen LogP contribution in [0.4, 0.5) is 21.8 Å². The summed E-state index contributed by atoms with van der Waals surface area (Å²) in [6.07, 6.45) is 5.66. The van der Waals surface area contributed by atoms with Gasteiger partial charge in [-0.15, -0.1) is 0 Å². The van der Waals surface area contributed by atoms with E-state index in [1.165, 1.54) is 23.2 Å². The highest BCUT2D eigenvalue weighted by Crippen LogP contribution is 2.42. The number of carbonyl (C=O) groups is 1. The van der Waals surface area contributed by atoms with Crippen molar-refractivity contribution < 1.29 is 14.3 Å². The number of halogens is 2. The van der Waals surface area contributed by atoms with Gasteiger partial charge in [-0.25, -0.2) is 19.0 Å². The summed E-state index contributed by atoms with van der Waals surface area (Å²) in [6, 6.07) is 7.82. The first-order valence-corrected chi connectivity index (χ1v) is 11.0. The number of pyridine rings is 2. The number of nitrogens with zero attached hydrogens (tertiary/aromatic N) is 5. The average molecular weight is 457 g/mol. The lowest BCUT2D eigenvalue weighted by atomic mass is 9.87. The highest BCUT2D eigenvalue weighted by molar-refractivity contribution is 6.29. The Morgan fingerprint density at radius 1 is 1.22 bits per heavy atom. The molecule has 166 valence electrons. The van der Waals surface area contributed by atoms with E-state index in [1.807, 2.05) is 6.07 Å². The highest BCUT2D eigenvalue weighted by Gasteiger charge is 2.34. The summed E-state index contributed by atoms with van der Waals surface area (Å²) in [5, 5.41) is 18.6. The second kappa shape index (κ2) is 8.48. The molecule has 3 aromatic heterocycles. The molecule has 1 aliphatic heterocycles. The van der Waals surface area contributed by atoms with Crippen molar-refractivity contribution in [3.8, 4) is 0 Å². The zero-order chi connectivity index (χ0) is 22.2. The molecule has 4 heterocycles. The number of carbonyl (C=O) groups excluding carboxylic acids is 1. The molecule has 1 unspecified atom stereocenters. The SMILES string of the molecule is O=C(CN1c2nc(Cl)ccc2C(O)n2nc(C3CCCCC3)cc21)Nc1ccc(F)cn1. The van der Waals surface area contributed by atoms with Gasteiger partial charge in [0, 0.05) is 17.5 Å². The van der Waals surface area contributed by atoms with Gasteiger partial charge in [0.25, 0.3) is 0 Å². The number of anilines is 3. The third-order valence-electron chi connectivity index (χ3n) is 5.97. The van der Waals surface area contributed by atoms with Gasteiger partial charge in [-0.2, -0.15) is 5.10 Å². The summed E-state index contributed by atoms with van der Waals surface area (Å²) >= 11 is 6.14. The van der Waals surface area contributed by atoms with Crippen molar-refractivity contribution in [2.24, 2.45) is 0 Å². The Hall–Kier alpha value is -3.04. The van der Waals surface area contributed by atoms with Gasteiger partial charge >= 0.3 is 0 Å². The fraction of sp³-hybridized carbons (Fsp3) is 0.364. The summed E-state index contributed by atoms with van der Waals surface area (Å²) < 4.78 is 14.7. The second-order valence-corrected chi connectivity index (χ2v) is 8.51. The van der Waals surface area contributed by atoms with Crippen molar-refractivity contribution in [2.45, 2.75) is 44.2 Å². The van der Waals surface area contributed by atoms with Crippen molar-refractivity contribution in [3.05, 3.63) is 58.8 Å². The smallest absolute Gasteiger partial charge is 0.245 e. The van der Waals surface area contributed by atoms with Gasteiger partial charge < -0.3 is 15.3 Å². The first kappa shape index (κ1) is 20.8. The van der Waals surface area contributed by atoms with Crippen LogP contribution >= 0.6 is 11.6 Å². The molecular formula is C22H22ClFN6O2. The molecule has 1 saturated carbocycles. The van der Waals surface area contributed by atoms with E-state index in [-0.39, 0.29) is 23.4 Å². The van der Waals surface area contributed by atoms with Crippen molar-refractivity contribution in [1.82, 2.24) is 19.7 Å². The van der Waals surface area contributed by atoms with Crippen LogP contribution in [0.2, 0.25) is 5.15 Å². The van der Waals surface area contributed by atoms with Crippen molar-refractivity contribution >= 4 is 35.0 Å². The molecule has 1 amide bonds. The quantitative estimate of drug-likeness (QED) is 0.573. The molecule has 0 aromatic carbocycles. The van der Waals surface area contributed by atoms with E-state index in [2.05, 4.69) is 15.3 Å². The van der Waals surface area contributed by atoms with E-state index < -0.39 is 12.0 Å². The Kier molecular flexibility index (Phi) is 5.52. The number of aliphatic hydroxyl groups excluding tert-OH is 1. The molecule has 0 spiro atoms. The fourth-order valence-corrected chi connectivity index (χ4v) is 4.55. The van der Waals surface area contributed by atoms with Gasteiger partial charge in [0.2, 0.25) is 5.91 Å². The van der Waals surface area contributed by atoms with Gasteiger partial charge in [-0.05, 0) is 37.1 Å². The van der Waals surface area contributed by atoms with E-state index in [1.54, 1.807) is 17.0 Å². The van der Waals surface area contributed by atoms with Crippen LogP contribution in [0.3, 0.4) is 0 Å². The first-order chi connectivity index (χ1) is 15.5. The van der Waals surface area contributed by atoms with Gasteiger partial charge in [-0.1, -0.05) is 30.9 Å². The van der Waals surface area contributed by atoms with Gasteiger partial charge in [-0.3, -0.25) is 4.79 Å². The normalized spacial score (nSPS) is 18.2. The average Bonchev–Trinajstić information content (AvgIpc) is 3.24. The number of rotatable bonds is 4. The number of aromatic nitrogens is 4. The number of fused-ring (bicyclic) bond motifs is 2. The predicted octanol–water partition coefficient (Wildman–Crippen LogP) is 4.14. The van der Waals surface area contributed by atoms with Crippen LogP contribution in [0.1, 0.15) is 55.5 Å².